The first-order valence-corrected chi connectivity index (χ1v) is 13.3. The molecule has 2 aromatic rings. The van der Waals surface area contributed by atoms with Crippen LogP contribution in [0.25, 0.3) is 0 Å². The van der Waals surface area contributed by atoms with Crippen LogP contribution in [0.15, 0.2) is 35.5 Å². The van der Waals surface area contributed by atoms with Gasteiger partial charge in [-0.2, -0.15) is 5.10 Å². The quantitative estimate of drug-likeness (QED) is 0.467. The van der Waals surface area contributed by atoms with Crippen LogP contribution in [0.5, 0.6) is 0 Å². The highest BCUT2D eigenvalue weighted by Crippen LogP contribution is 2.55. The third kappa shape index (κ3) is 3.64. The lowest BCUT2D eigenvalue weighted by atomic mass is 9.60. The van der Waals surface area contributed by atoms with Crippen LogP contribution < -0.4 is 0 Å². The van der Waals surface area contributed by atoms with Crippen LogP contribution in [-0.2, 0) is 4.74 Å². The Labute approximate surface area is 208 Å². The number of aromatic nitrogens is 3. The summed E-state index contributed by atoms with van der Waals surface area (Å²) in [5.74, 6) is 1.31. The molecule has 0 radical (unpaired) electrons. The number of ether oxygens (including phenoxy) is 1. The molecule has 3 saturated heterocycles. The fourth-order valence-corrected chi connectivity index (χ4v) is 7.65. The maximum Gasteiger partial charge on any atom is 0.339 e. The summed E-state index contributed by atoms with van der Waals surface area (Å²) in [7, 11) is 1.41. The predicted octanol–water partition coefficient (Wildman–Crippen LogP) is 3.02. The summed E-state index contributed by atoms with van der Waals surface area (Å²) >= 11 is 1.61. The number of benzene rings is 1. The molecule has 5 aliphatic rings. The van der Waals surface area contributed by atoms with Gasteiger partial charge in [-0.3, -0.25) is 0 Å². The van der Waals surface area contributed by atoms with E-state index in [1.165, 1.54) is 20.0 Å². The van der Waals surface area contributed by atoms with Crippen LogP contribution in [0.2, 0.25) is 0 Å². The van der Waals surface area contributed by atoms with E-state index in [1.54, 1.807) is 18.0 Å². The first-order chi connectivity index (χ1) is 16.9. The Bertz CT molecular complexity index is 1170. The Balaban J connectivity index is 0.859. The average Bonchev–Trinajstić information content (AvgIpc) is 3.50. The van der Waals surface area contributed by atoms with E-state index < -0.39 is 0 Å². The van der Waals surface area contributed by atoms with Gasteiger partial charge in [0, 0.05) is 60.9 Å². The van der Waals surface area contributed by atoms with Crippen molar-refractivity contribution >= 4 is 23.9 Å². The fourth-order valence-electron chi connectivity index (χ4n) is 6.31. The molecule has 5 fully saturated rings. The zero-order valence-corrected chi connectivity index (χ0v) is 20.7. The van der Waals surface area contributed by atoms with E-state index in [-0.39, 0.29) is 17.4 Å². The average molecular weight is 495 g/mol. The molecule has 2 aliphatic carbocycles. The van der Waals surface area contributed by atoms with Crippen LogP contribution in [0, 0.1) is 10.8 Å². The molecule has 7 rings (SSSR count). The van der Waals surface area contributed by atoms with E-state index in [4.69, 9.17) is 9.84 Å². The van der Waals surface area contributed by atoms with Crippen molar-refractivity contribution < 1.29 is 14.3 Å². The van der Waals surface area contributed by atoms with Crippen molar-refractivity contribution in [1.29, 1.82) is 0 Å². The zero-order valence-electron chi connectivity index (χ0n) is 19.9. The van der Waals surface area contributed by atoms with Gasteiger partial charge < -0.3 is 14.5 Å². The molecule has 1 aromatic heterocycles. The molecule has 2 spiro atoms. The number of carbonyl (C=O) groups is 2. The summed E-state index contributed by atoms with van der Waals surface area (Å²) in [5, 5.41) is 4.69. The lowest BCUT2D eigenvalue weighted by Crippen LogP contribution is -2.74. The molecular formula is C25H30N6O3S. The normalized spacial score (nSPS) is 24.5. The minimum absolute atomic E-state index is 0.198. The summed E-state index contributed by atoms with van der Waals surface area (Å²) in [6, 6.07) is 8.20. The van der Waals surface area contributed by atoms with Crippen molar-refractivity contribution in [3.05, 3.63) is 42.0 Å². The number of esters is 1. The summed E-state index contributed by atoms with van der Waals surface area (Å²) in [5.41, 5.74) is 1.11. The molecule has 0 atom stereocenters. The van der Waals surface area contributed by atoms with Crippen LogP contribution >= 0.6 is 11.9 Å². The number of hydrogen-bond donors (Lipinski definition) is 0. The minimum Gasteiger partial charge on any atom is -0.465 e. The Morgan fingerprint density at radius 3 is 2.37 bits per heavy atom. The molecule has 0 unspecified atom stereocenters. The molecule has 9 nitrogen and oxygen atoms in total. The SMILES string of the molecule is COC(=O)c1ccccc1SN1CC2(C1)CN(C(=O)N1CC3(CC(n4cnc(C5CC5)n4)C3)C1)C2. The number of hydrogen-bond acceptors (Lipinski definition) is 7. The van der Waals surface area contributed by atoms with E-state index in [2.05, 4.69) is 14.0 Å². The maximum absolute atomic E-state index is 13.0. The van der Waals surface area contributed by atoms with Gasteiger partial charge in [0.05, 0.1) is 18.7 Å². The highest BCUT2D eigenvalue weighted by molar-refractivity contribution is 7.97. The van der Waals surface area contributed by atoms with Gasteiger partial charge in [0.25, 0.3) is 0 Å². The van der Waals surface area contributed by atoms with Crippen LogP contribution in [0.4, 0.5) is 4.79 Å². The minimum atomic E-state index is -0.307. The van der Waals surface area contributed by atoms with Gasteiger partial charge >= 0.3 is 12.0 Å². The molecule has 1 aromatic carbocycles. The zero-order chi connectivity index (χ0) is 23.8. The molecule has 10 heteroatoms. The summed E-state index contributed by atoms with van der Waals surface area (Å²) in [6.45, 7) is 5.28. The van der Waals surface area contributed by atoms with E-state index in [0.29, 0.717) is 22.9 Å². The number of amides is 2. The Morgan fingerprint density at radius 2 is 1.69 bits per heavy atom. The van der Waals surface area contributed by atoms with E-state index in [0.717, 1.165) is 62.8 Å². The fraction of sp³-hybridized carbons (Fsp3) is 0.600. The van der Waals surface area contributed by atoms with Gasteiger partial charge in [0.15, 0.2) is 5.82 Å². The Morgan fingerprint density at radius 1 is 1.00 bits per heavy atom. The Hall–Kier alpha value is -2.59. The van der Waals surface area contributed by atoms with Gasteiger partial charge in [0.1, 0.15) is 6.33 Å². The van der Waals surface area contributed by atoms with Crippen LogP contribution in [0.1, 0.15) is 53.8 Å². The topological polar surface area (TPSA) is 83.8 Å². The molecule has 0 N–H and O–H groups in total. The van der Waals surface area contributed by atoms with Gasteiger partial charge in [-0.05, 0) is 49.8 Å². The number of methoxy groups -OCH3 is 1. The van der Waals surface area contributed by atoms with E-state index >= 15 is 0 Å². The number of urea groups is 1. The molecular weight excluding hydrogens is 464 g/mol. The second kappa shape index (κ2) is 7.70. The lowest BCUT2D eigenvalue weighted by molar-refractivity contribution is -0.0995. The lowest BCUT2D eigenvalue weighted by Gasteiger charge is -2.63. The van der Waals surface area contributed by atoms with Crippen LogP contribution in [0.3, 0.4) is 0 Å². The first-order valence-electron chi connectivity index (χ1n) is 12.5. The van der Waals surface area contributed by atoms with Gasteiger partial charge in [0.2, 0.25) is 0 Å². The van der Waals surface area contributed by atoms with Crippen molar-refractivity contribution in [2.75, 3.05) is 46.4 Å². The smallest absolute Gasteiger partial charge is 0.339 e. The van der Waals surface area contributed by atoms with E-state index in [1.807, 2.05) is 34.3 Å². The van der Waals surface area contributed by atoms with Crippen molar-refractivity contribution in [3.8, 4) is 0 Å². The van der Waals surface area contributed by atoms with Crippen molar-refractivity contribution in [3.63, 3.8) is 0 Å². The van der Waals surface area contributed by atoms with Crippen LogP contribution in [-0.4, -0.2) is 87.2 Å². The van der Waals surface area contributed by atoms with Gasteiger partial charge in [-0.25, -0.2) is 23.6 Å². The standard InChI is InChI=1S/C25H30N6O3S/c1-34-22(32)19-4-2-3-5-20(19)35-30-14-25(15-30)12-29(13-25)23(33)28-10-24(11-28)8-18(9-24)31-16-26-21(27-31)17-6-7-17/h2-5,16-18H,6-15H2,1H3. The predicted molar refractivity (Wildman–Crippen MR) is 129 cm³/mol. The third-order valence-corrected chi connectivity index (χ3v) is 9.44. The van der Waals surface area contributed by atoms with Crippen molar-refractivity contribution in [2.45, 2.75) is 42.5 Å². The number of rotatable bonds is 5. The molecule has 2 amide bonds. The van der Waals surface area contributed by atoms with Crippen molar-refractivity contribution in [2.24, 2.45) is 10.8 Å². The molecule has 0 bridgehead atoms. The number of likely N-dealkylation sites (tertiary alicyclic amines) is 2. The van der Waals surface area contributed by atoms with Gasteiger partial charge in [-0.15, -0.1) is 0 Å². The summed E-state index contributed by atoms with van der Waals surface area (Å²) < 4.78 is 9.24. The second-order valence-electron chi connectivity index (χ2n) is 11.3. The molecule has 184 valence electrons. The molecule has 4 heterocycles. The first kappa shape index (κ1) is 21.7. The summed E-state index contributed by atoms with van der Waals surface area (Å²) in [4.78, 5) is 34.4. The van der Waals surface area contributed by atoms with E-state index in [9.17, 15) is 9.59 Å². The Kier molecular flexibility index (Phi) is 4.77. The monoisotopic (exact) mass is 494 g/mol. The summed E-state index contributed by atoms with van der Waals surface area (Å²) in [6.07, 6.45) is 6.57. The molecule has 35 heavy (non-hydrogen) atoms. The van der Waals surface area contributed by atoms with Gasteiger partial charge in [-0.1, -0.05) is 12.1 Å². The highest BCUT2D eigenvalue weighted by Gasteiger charge is 2.58. The van der Waals surface area contributed by atoms with Crippen molar-refractivity contribution in [1.82, 2.24) is 28.9 Å². The second-order valence-corrected chi connectivity index (χ2v) is 12.4. The maximum atomic E-state index is 13.0. The largest absolute Gasteiger partial charge is 0.465 e. The third-order valence-electron chi connectivity index (χ3n) is 8.37. The molecule has 3 aliphatic heterocycles. The number of nitrogens with zero attached hydrogens (tertiary/aromatic N) is 6. The number of carbonyl (C=O) groups excluding carboxylic acids is 2. The highest BCUT2D eigenvalue weighted by atomic mass is 32.2. The molecule has 2 saturated carbocycles.